The van der Waals surface area contributed by atoms with E-state index in [1.807, 2.05) is 35.9 Å². The highest BCUT2D eigenvalue weighted by atomic mass is 32.1. The van der Waals surface area contributed by atoms with Gasteiger partial charge in [0.2, 0.25) is 0 Å². The quantitative estimate of drug-likeness (QED) is 0.919. The second kappa shape index (κ2) is 6.51. The minimum atomic E-state index is -0.114. The molecule has 2 aromatic heterocycles. The van der Waals surface area contributed by atoms with Crippen molar-refractivity contribution >= 4 is 17.4 Å². The number of aromatic nitrogens is 3. The van der Waals surface area contributed by atoms with Crippen LogP contribution in [0.4, 0.5) is 4.79 Å². The lowest BCUT2D eigenvalue weighted by Crippen LogP contribution is -2.38. The molecular weight excluding hydrogens is 274 g/mol. The fourth-order valence-corrected chi connectivity index (χ4v) is 2.68. The number of urea groups is 1. The van der Waals surface area contributed by atoms with E-state index in [0.29, 0.717) is 6.54 Å². The van der Waals surface area contributed by atoms with Crippen LogP contribution in [0.25, 0.3) is 0 Å². The predicted molar refractivity (Wildman–Crippen MR) is 78.4 cm³/mol. The van der Waals surface area contributed by atoms with Crippen molar-refractivity contribution in [3.63, 3.8) is 0 Å². The summed E-state index contributed by atoms with van der Waals surface area (Å²) in [4.78, 5) is 15.0. The molecule has 0 aliphatic carbocycles. The molecule has 0 unspecified atom stereocenters. The average molecular weight is 293 g/mol. The lowest BCUT2D eigenvalue weighted by Gasteiger charge is -2.24. The van der Waals surface area contributed by atoms with Gasteiger partial charge in [-0.05, 0) is 25.3 Å². The third kappa shape index (κ3) is 3.16. The van der Waals surface area contributed by atoms with E-state index in [1.54, 1.807) is 29.6 Å². The first kappa shape index (κ1) is 14.5. The van der Waals surface area contributed by atoms with Crippen molar-refractivity contribution in [3.8, 4) is 0 Å². The molecule has 0 aromatic carbocycles. The van der Waals surface area contributed by atoms with Crippen LogP contribution in [0.1, 0.15) is 30.6 Å². The Labute approximate surface area is 122 Å². The van der Waals surface area contributed by atoms with E-state index < -0.39 is 0 Å². The maximum absolute atomic E-state index is 12.1. The Balaban J connectivity index is 1.91. The van der Waals surface area contributed by atoms with E-state index in [2.05, 4.69) is 15.5 Å². The Morgan fingerprint density at radius 1 is 1.60 bits per heavy atom. The summed E-state index contributed by atoms with van der Waals surface area (Å²) in [5.41, 5.74) is 0. The van der Waals surface area contributed by atoms with Gasteiger partial charge in [-0.25, -0.2) is 4.79 Å². The zero-order chi connectivity index (χ0) is 14.5. The highest BCUT2D eigenvalue weighted by Gasteiger charge is 2.18. The van der Waals surface area contributed by atoms with Crippen molar-refractivity contribution in [2.45, 2.75) is 33.0 Å². The highest BCUT2D eigenvalue weighted by Crippen LogP contribution is 2.23. The molecule has 0 aliphatic rings. The summed E-state index contributed by atoms with van der Waals surface area (Å²) in [7, 11) is 1.80. The topological polar surface area (TPSA) is 63.1 Å². The van der Waals surface area contributed by atoms with Crippen LogP contribution in [0.3, 0.4) is 0 Å². The van der Waals surface area contributed by atoms with Gasteiger partial charge in [0.15, 0.2) is 5.82 Å². The van der Waals surface area contributed by atoms with Gasteiger partial charge in [-0.2, -0.15) is 0 Å². The van der Waals surface area contributed by atoms with Crippen LogP contribution in [-0.2, 0) is 13.1 Å². The number of aryl methyl sites for hydroxylation is 1. The van der Waals surface area contributed by atoms with Crippen LogP contribution < -0.4 is 5.32 Å². The second-order valence-electron chi connectivity index (χ2n) is 4.49. The lowest BCUT2D eigenvalue weighted by atomic mass is 10.2. The lowest BCUT2D eigenvalue weighted by molar-refractivity contribution is 0.194. The molecule has 0 saturated carbocycles. The Bertz CT molecular complexity index is 551. The summed E-state index contributed by atoms with van der Waals surface area (Å²) in [6, 6.07) is 3.97. The minimum Gasteiger partial charge on any atom is -0.331 e. The monoisotopic (exact) mass is 293 g/mol. The van der Waals surface area contributed by atoms with E-state index in [-0.39, 0.29) is 12.1 Å². The van der Waals surface area contributed by atoms with Gasteiger partial charge in [-0.1, -0.05) is 6.07 Å². The first-order valence-corrected chi connectivity index (χ1v) is 7.42. The van der Waals surface area contributed by atoms with Gasteiger partial charge in [0, 0.05) is 18.5 Å². The molecule has 6 nitrogen and oxygen atoms in total. The fraction of sp³-hybridized carbons (Fsp3) is 0.462. The molecule has 2 heterocycles. The summed E-state index contributed by atoms with van der Waals surface area (Å²) in [5, 5.41) is 12.7. The van der Waals surface area contributed by atoms with Gasteiger partial charge in [0.1, 0.15) is 6.33 Å². The molecule has 0 radical (unpaired) electrons. The first-order valence-electron chi connectivity index (χ1n) is 6.54. The van der Waals surface area contributed by atoms with Gasteiger partial charge >= 0.3 is 6.03 Å². The number of hydrogen-bond donors (Lipinski definition) is 1. The van der Waals surface area contributed by atoms with Crippen LogP contribution >= 0.6 is 11.3 Å². The molecule has 0 saturated heterocycles. The zero-order valence-corrected chi connectivity index (χ0v) is 12.7. The van der Waals surface area contributed by atoms with E-state index in [9.17, 15) is 4.79 Å². The molecule has 2 aromatic rings. The number of amides is 2. The number of nitrogens with zero attached hydrogens (tertiary/aromatic N) is 4. The maximum Gasteiger partial charge on any atom is 0.318 e. The number of rotatable bonds is 5. The second-order valence-corrected chi connectivity index (χ2v) is 5.47. The number of carbonyl (C=O) groups excluding carboxylic acids is 1. The van der Waals surface area contributed by atoms with E-state index in [0.717, 1.165) is 12.4 Å². The van der Waals surface area contributed by atoms with Crippen molar-refractivity contribution in [1.29, 1.82) is 0 Å². The highest BCUT2D eigenvalue weighted by molar-refractivity contribution is 7.10. The van der Waals surface area contributed by atoms with Crippen LogP contribution in [0.2, 0.25) is 0 Å². The fourth-order valence-electron chi connectivity index (χ4n) is 1.86. The molecule has 20 heavy (non-hydrogen) atoms. The molecule has 1 N–H and O–H groups in total. The Kier molecular flexibility index (Phi) is 4.73. The minimum absolute atomic E-state index is 0.0547. The summed E-state index contributed by atoms with van der Waals surface area (Å²) >= 11 is 1.65. The van der Waals surface area contributed by atoms with Gasteiger partial charge in [-0.15, -0.1) is 21.5 Å². The van der Waals surface area contributed by atoms with Crippen LogP contribution in [0.5, 0.6) is 0 Å². The van der Waals surface area contributed by atoms with Crippen molar-refractivity contribution in [2.75, 3.05) is 7.05 Å². The number of nitrogens with one attached hydrogen (secondary N) is 1. The van der Waals surface area contributed by atoms with Crippen molar-refractivity contribution in [1.82, 2.24) is 25.0 Å². The van der Waals surface area contributed by atoms with Crippen LogP contribution in [-0.4, -0.2) is 32.7 Å². The predicted octanol–water partition coefficient (Wildman–Crippen LogP) is 2.26. The largest absolute Gasteiger partial charge is 0.331 e. The summed E-state index contributed by atoms with van der Waals surface area (Å²) in [6.45, 7) is 5.20. The standard InChI is InChI=1S/C13H19N5OS/c1-4-18-9-15-16-12(18)8-14-13(19)17(3)10(2)11-6-5-7-20-11/h5-7,9-10H,4,8H2,1-3H3,(H,14,19)/t10-/m0/s1. The van der Waals surface area contributed by atoms with Gasteiger partial charge in [-0.3, -0.25) is 0 Å². The third-order valence-corrected chi connectivity index (χ3v) is 4.33. The molecular formula is C13H19N5OS. The molecule has 108 valence electrons. The van der Waals surface area contributed by atoms with E-state index in [1.165, 1.54) is 4.88 Å². The number of thiophene rings is 1. The number of hydrogen-bond acceptors (Lipinski definition) is 4. The normalized spacial score (nSPS) is 12.2. The third-order valence-electron chi connectivity index (χ3n) is 3.29. The van der Waals surface area contributed by atoms with Crippen LogP contribution in [0.15, 0.2) is 23.8 Å². The molecule has 1 atom stereocenters. The summed E-state index contributed by atoms with van der Waals surface area (Å²) < 4.78 is 1.91. The molecule has 2 amide bonds. The van der Waals surface area contributed by atoms with E-state index >= 15 is 0 Å². The molecule has 0 aliphatic heterocycles. The van der Waals surface area contributed by atoms with Crippen molar-refractivity contribution in [2.24, 2.45) is 0 Å². The van der Waals surface area contributed by atoms with Gasteiger partial charge in [0.25, 0.3) is 0 Å². The Hall–Kier alpha value is -1.89. The first-order chi connectivity index (χ1) is 9.63. The van der Waals surface area contributed by atoms with Gasteiger partial charge < -0.3 is 14.8 Å². The molecule has 0 bridgehead atoms. The summed E-state index contributed by atoms with van der Waals surface area (Å²) in [6.07, 6.45) is 1.67. The Morgan fingerprint density at radius 2 is 2.40 bits per heavy atom. The van der Waals surface area contributed by atoms with E-state index in [4.69, 9.17) is 0 Å². The van der Waals surface area contributed by atoms with Gasteiger partial charge in [0.05, 0.1) is 12.6 Å². The molecule has 7 heteroatoms. The smallest absolute Gasteiger partial charge is 0.318 e. The molecule has 2 rings (SSSR count). The maximum atomic E-state index is 12.1. The summed E-state index contributed by atoms with van der Waals surface area (Å²) in [5.74, 6) is 0.762. The number of carbonyl (C=O) groups is 1. The zero-order valence-electron chi connectivity index (χ0n) is 11.9. The molecule has 0 fully saturated rings. The van der Waals surface area contributed by atoms with Crippen LogP contribution in [0, 0.1) is 0 Å². The van der Waals surface area contributed by atoms with Crippen molar-refractivity contribution in [3.05, 3.63) is 34.5 Å². The Morgan fingerprint density at radius 3 is 3.05 bits per heavy atom. The SMILES string of the molecule is CCn1cnnc1CNC(=O)N(C)[C@@H](C)c1cccs1. The average Bonchev–Trinajstić information content (AvgIpc) is 3.13. The van der Waals surface area contributed by atoms with Crippen molar-refractivity contribution < 1.29 is 4.79 Å². The molecule has 0 spiro atoms.